The molecule has 1 heterocycles. The average Bonchev–Trinajstić information content (AvgIpc) is 3.24. The number of hydrogen-bond donors (Lipinski definition) is 1. The van der Waals surface area contributed by atoms with Gasteiger partial charge in [-0.3, -0.25) is 14.9 Å². The molecule has 0 aliphatic heterocycles. The number of benzene rings is 2. The van der Waals surface area contributed by atoms with Crippen molar-refractivity contribution in [2.75, 3.05) is 13.7 Å². The quantitative estimate of drug-likeness (QED) is 0.472. The van der Waals surface area contributed by atoms with Crippen LogP contribution in [0.15, 0.2) is 65.3 Å². The fourth-order valence-electron chi connectivity index (χ4n) is 2.55. The van der Waals surface area contributed by atoms with Crippen LogP contribution in [0.4, 0.5) is 5.69 Å². The predicted molar refractivity (Wildman–Crippen MR) is 101 cm³/mol. The smallest absolute Gasteiger partial charge is 0.270 e. The van der Waals surface area contributed by atoms with Crippen molar-refractivity contribution in [1.82, 2.24) is 5.32 Å². The lowest BCUT2D eigenvalue weighted by atomic mass is 10.0. The second-order valence-electron chi connectivity index (χ2n) is 5.81. The van der Waals surface area contributed by atoms with E-state index in [1.807, 2.05) is 0 Å². The molecule has 0 aliphatic carbocycles. The Morgan fingerprint density at radius 1 is 1.18 bits per heavy atom. The van der Waals surface area contributed by atoms with Crippen molar-refractivity contribution in [2.24, 2.45) is 0 Å². The van der Waals surface area contributed by atoms with E-state index in [1.165, 1.54) is 24.5 Å². The van der Waals surface area contributed by atoms with Crippen molar-refractivity contribution in [3.8, 4) is 22.6 Å². The largest absolute Gasteiger partial charge is 0.497 e. The van der Waals surface area contributed by atoms with Crippen molar-refractivity contribution in [3.05, 3.63) is 76.7 Å². The van der Waals surface area contributed by atoms with Gasteiger partial charge in [-0.15, -0.1) is 0 Å². The standard InChI is InChI=1S/C20H18N2O6/c1-26-16-7-4-14(5-8-16)18-11-15(22(24)25)6-9-19(18)28-13-20(23)21-12-17-3-2-10-27-17/h2-11H,12-13H2,1H3,(H,21,23). The summed E-state index contributed by atoms with van der Waals surface area (Å²) in [6.07, 6.45) is 1.52. The Labute approximate surface area is 160 Å². The van der Waals surface area contributed by atoms with Crippen molar-refractivity contribution >= 4 is 11.6 Å². The van der Waals surface area contributed by atoms with E-state index in [-0.39, 0.29) is 24.7 Å². The average molecular weight is 382 g/mol. The summed E-state index contributed by atoms with van der Waals surface area (Å²) in [5, 5.41) is 13.8. The lowest BCUT2D eigenvalue weighted by Gasteiger charge is -2.12. The van der Waals surface area contributed by atoms with Crippen molar-refractivity contribution in [2.45, 2.75) is 6.54 Å². The Kier molecular flexibility index (Phi) is 5.91. The van der Waals surface area contributed by atoms with Crippen LogP contribution in [0.25, 0.3) is 11.1 Å². The molecule has 8 heteroatoms. The second kappa shape index (κ2) is 8.72. The van der Waals surface area contributed by atoms with Crippen molar-refractivity contribution < 1.29 is 23.6 Å². The molecule has 0 saturated heterocycles. The van der Waals surface area contributed by atoms with E-state index < -0.39 is 4.92 Å². The van der Waals surface area contributed by atoms with Gasteiger partial charge in [-0.2, -0.15) is 0 Å². The summed E-state index contributed by atoms with van der Waals surface area (Å²) in [7, 11) is 1.55. The minimum absolute atomic E-state index is 0.0690. The van der Waals surface area contributed by atoms with E-state index in [0.717, 1.165) is 0 Å². The summed E-state index contributed by atoms with van der Waals surface area (Å²) >= 11 is 0. The third kappa shape index (κ3) is 4.67. The number of nitrogens with zero attached hydrogens (tertiary/aromatic N) is 1. The second-order valence-corrected chi connectivity index (χ2v) is 5.81. The maximum Gasteiger partial charge on any atom is 0.270 e. The summed E-state index contributed by atoms with van der Waals surface area (Å²) in [5.41, 5.74) is 1.15. The molecule has 2 aromatic carbocycles. The molecule has 0 fully saturated rings. The van der Waals surface area contributed by atoms with Gasteiger partial charge in [-0.05, 0) is 35.9 Å². The van der Waals surface area contributed by atoms with Crippen LogP contribution in [0.3, 0.4) is 0 Å². The Bertz CT molecular complexity index is 951. The van der Waals surface area contributed by atoms with Gasteiger partial charge in [-0.1, -0.05) is 12.1 Å². The van der Waals surface area contributed by atoms with Gasteiger partial charge in [0.2, 0.25) is 0 Å². The zero-order valence-electron chi connectivity index (χ0n) is 15.1. The summed E-state index contributed by atoms with van der Waals surface area (Å²) < 4.78 is 15.9. The lowest BCUT2D eigenvalue weighted by molar-refractivity contribution is -0.384. The lowest BCUT2D eigenvalue weighted by Crippen LogP contribution is -2.28. The topological polar surface area (TPSA) is 104 Å². The van der Waals surface area contributed by atoms with Crippen LogP contribution in [0, 0.1) is 10.1 Å². The van der Waals surface area contributed by atoms with Crippen LogP contribution in [-0.4, -0.2) is 24.5 Å². The molecular weight excluding hydrogens is 364 g/mol. The molecule has 0 saturated carbocycles. The number of carbonyl (C=O) groups is 1. The minimum atomic E-state index is -0.479. The van der Waals surface area contributed by atoms with E-state index in [1.54, 1.807) is 43.5 Å². The van der Waals surface area contributed by atoms with Gasteiger partial charge in [0, 0.05) is 17.7 Å². The number of amides is 1. The Hall–Kier alpha value is -3.81. The number of ether oxygens (including phenoxy) is 2. The molecule has 0 spiro atoms. The van der Waals surface area contributed by atoms with Crippen molar-refractivity contribution in [3.63, 3.8) is 0 Å². The van der Waals surface area contributed by atoms with Gasteiger partial charge in [-0.25, -0.2) is 0 Å². The number of hydrogen-bond acceptors (Lipinski definition) is 6. The fraction of sp³-hybridized carbons (Fsp3) is 0.150. The highest BCUT2D eigenvalue weighted by molar-refractivity contribution is 5.78. The number of rotatable bonds is 8. The molecule has 0 bridgehead atoms. The molecule has 3 rings (SSSR count). The molecule has 1 aromatic heterocycles. The highest BCUT2D eigenvalue weighted by Crippen LogP contribution is 2.34. The molecule has 28 heavy (non-hydrogen) atoms. The minimum Gasteiger partial charge on any atom is -0.497 e. The summed E-state index contributed by atoms with van der Waals surface area (Å²) in [5.74, 6) is 1.32. The van der Waals surface area contributed by atoms with E-state index >= 15 is 0 Å². The van der Waals surface area contributed by atoms with Gasteiger partial charge >= 0.3 is 0 Å². The zero-order valence-corrected chi connectivity index (χ0v) is 15.1. The normalized spacial score (nSPS) is 10.3. The Morgan fingerprint density at radius 2 is 1.96 bits per heavy atom. The van der Waals surface area contributed by atoms with Crippen LogP contribution < -0.4 is 14.8 Å². The number of methoxy groups -OCH3 is 1. The monoisotopic (exact) mass is 382 g/mol. The van der Waals surface area contributed by atoms with Gasteiger partial charge in [0.15, 0.2) is 6.61 Å². The highest BCUT2D eigenvalue weighted by atomic mass is 16.6. The fourth-order valence-corrected chi connectivity index (χ4v) is 2.55. The zero-order chi connectivity index (χ0) is 19.9. The number of nitro groups is 1. The number of carbonyl (C=O) groups excluding carboxylic acids is 1. The molecule has 1 N–H and O–H groups in total. The highest BCUT2D eigenvalue weighted by Gasteiger charge is 2.15. The maximum atomic E-state index is 12.0. The number of non-ortho nitro benzene ring substituents is 1. The third-order valence-corrected chi connectivity index (χ3v) is 3.97. The van der Waals surface area contributed by atoms with Gasteiger partial charge < -0.3 is 19.2 Å². The summed E-state index contributed by atoms with van der Waals surface area (Å²) in [6, 6.07) is 14.7. The Morgan fingerprint density at radius 3 is 2.61 bits per heavy atom. The number of nitrogens with one attached hydrogen (secondary N) is 1. The third-order valence-electron chi connectivity index (χ3n) is 3.97. The van der Waals surface area contributed by atoms with Crippen LogP contribution >= 0.6 is 0 Å². The maximum absolute atomic E-state index is 12.0. The van der Waals surface area contributed by atoms with Crippen LogP contribution in [0.5, 0.6) is 11.5 Å². The molecule has 0 unspecified atom stereocenters. The molecule has 1 amide bonds. The first-order valence-electron chi connectivity index (χ1n) is 8.41. The first kappa shape index (κ1) is 19.0. The van der Waals surface area contributed by atoms with Crippen LogP contribution in [0.2, 0.25) is 0 Å². The van der Waals surface area contributed by atoms with Crippen LogP contribution in [0.1, 0.15) is 5.76 Å². The van der Waals surface area contributed by atoms with E-state index in [0.29, 0.717) is 28.4 Å². The molecule has 0 atom stereocenters. The molecule has 0 radical (unpaired) electrons. The van der Waals surface area contributed by atoms with E-state index in [4.69, 9.17) is 13.9 Å². The molecule has 3 aromatic rings. The molecule has 8 nitrogen and oxygen atoms in total. The van der Waals surface area contributed by atoms with Gasteiger partial charge in [0.25, 0.3) is 11.6 Å². The van der Waals surface area contributed by atoms with Gasteiger partial charge in [0.05, 0.1) is 24.8 Å². The first-order chi connectivity index (χ1) is 13.6. The van der Waals surface area contributed by atoms with Gasteiger partial charge in [0.1, 0.15) is 17.3 Å². The van der Waals surface area contributed by atoms with Crippen molar-refractivity contribution in [1.29, 1.82) is 0 Å². The summed E-state index contributed by atoms with van der Waals surface area (Å²) in [6.45, 7) is 0.0163. The number of nitro benzene ring substituents is 1. The number of furan rings is 1. The molecule has 0 aliphatic rings. The Balaban J connectivity index is 1.75. The van der Waals surface area contributed by atoms with Crippen LogP contribution in [-0.2, 0) is 11.3 Å². The van der Waals surface area contributed by atoms with E-state index in [9.17, 15) is 14.9 Å². The SMILES string of the molecule is COc1ccc(-c2cc([N+](=O)[O-])ccc2OCC(=O)NCc2ccco2)cc1. The molecule has 144 valence electrons. The first-order valence-corrected chi connectivity index (χ1v) is 8.41. The van der Waals surface area contributed by atoms with E-state index in [2.05, 4.69) is 5.32 Å². The summed E-state index contributed by atoms with van der Waals surface area (Å²) in [4.78, 5) is 22.7. The predicted octanol–water partition coefficient (Wildman–Crippen LogP) is 3.56. The molecular formula is C20H18N2O6.